The Morgan fingerprint density at radius 3 is 2.28 bits per heavy atom. The molecule has 1 unspecified atom stereocenters. The van der Waals surface area contributed by atoms with Gasteiger partial charge in [0.1, 0.15) is 11.6 Å². The molecular weight excluding hydrogens is 369 g/mol. The summed E-state index contributed by atoms with van der Waals surface area (Å²) in [4.78, 5) is 27.3. The molecule has 3 aromatic carbocycles. The number of anilines is 1. The fourth-order valence-corrected chi connectivity index (χ4v) is 3.59. The Labute approximate surface area is 167 Å². The van der Waals surface area contributed by atoms with Crippen LogP contribution in [0.3, 0.4) is 0 Å². The molecule has 1 atom stereocenters. The van der Waals surface area contributed by atoms with Crippen molar-refractivity contribution in [2.24, 2.45) is 0 Å². The van der Waals surface area contributed by atoms with Crippen LogP contribution in [-0.2, 0) is 9.59 Å². The first kappa shape index (κ1) is 18.6. The van der Waals surface area contributed by atoms with Crippen molar-refractivity contribution in [1.82, 2.24) is 0 Å². The number of hydrogen-bond acceptors (Lipinski definition) is 3. The second-order valence-corrected chi connectivity index (χ2v) is 6.93. The largest absolute Gasteiger partial charge is 0.507 e. The number of aryl methyl sites for hydroxylation is 1. The van der Waals surface area contributed by atoms with Crippen molar-refractivity contribution >= 4 is 23.1 Å². The monoisotopic (exact) mass is 387 g/mol. The van der Waals surface area contributed by atoms with E-state index in [0.717, 1.165) is 5.56 Å². The Morgan fingerprint density at radius 1 is 0.931 bits per heavy atom. The maximum Gasteiger partial charge on any atom is 0.300 e. The van der Waals surface area contributed by atoms with Gasteiger partial charge in [-0.2, -0.15) is 0 Å². The molecule has 1 aliphatic rings. The van der Waals surface area contributed by atoms with E-state index in [2.05, 4.69) is 0 Å². The molecule has 0 saturated carbocycles. The number of benzene rings is 3. The number of hydrogen-bond donors (Lipinski definition) is 1. The Balaban J connectivity index is 1.96. The topological polar surface area (TPSA) is 57.6 Å². The SMILES string of the molecule is Cc1cccc(N2C(=O)C(=O)/C(=C(/O)c3ccccc3)C2c2ccc(F)cc2)c1. The predicted octanol–water partition coefficient (Wildman–Crippen LogP) is 4.76. The molecule has 1 amide bonds. The number of halogens is 1. The molecule has 1 saturated heterocycles. The minimum atomic E-state index is -0.863. The summed E-state index contributed by atoms with van der Waals surface area (Å²) in [7, 11) is 0. The highest BCUT2D eigenvalue weighted by Crippen LogP contribution is 2.42. The van der Waals surface area contributed by atoms with Gasteiger partial charge in [0.05, 0.1) is 11.6 Å². The third kappa shape index (κ3) is 3.31. The number of rotatable bonds is 3. The molecule has 4 nitrogen and oxygen atoms in total. The molecule has 29 heavy (non-hydrogen) atoms. The van der Waals surface area contributed by atoms with Gasteiger partial charge >= 0.3 is 0 Å². The summed E-state index contributed by atoms with van der Waals surface area (Å²) in [5.41, 5.74) is 2.40. The third-order valence-electron chi connectivity index (χ3n) is 4.96. The lowest BCUT2D eigenvalue weighted by Crippen LogP contribution is -2.29. The maximum atomic E-state index is 13.5. The highest BCUT2D eigenvalue weighted by Gasteiger charge is 2.46. The lowest BCUT2D eigenvalue weighted by atomic mass is 9.95. The molecule has 1 aliphatic heterocycles. The van der Waals surface area contributed by atoms with Gasteiger partial charge in [0.25, 0.3) is 11.7 Å². The Bertz CT molecular complexity index is 1120. The van der Waals surface area contributed by atoms with Crippen LogP contribution in [0.15, 0.2) is 84.4 Å². The predicted molar refractivity (Wildman–Crippen MR) is 109 cm³/mol. The normalized spacial score (nSPS) is 18.3. The number of aliphatic hydroxyl groups is 1. The van der Waals surface area contributed by atoms with Gasteiger partial charge in [-0.3, -0.25) is 14.5 Å². The molecule has 0 radical (unpaired) electrons. The minimum Gasteiger partial charge on any atom is -0.507 e. The quantitative estimate of drug-likeness (QED) is 0.400. The average Bonchev–Trinajstić information content (AvgIpc) is 2.99. The van der Waals surface area contributed by atoms with Crippen LogP contribution in [0.4, 0.5) is 10.1 Å². The van der Waals surface area contributed by atoms with E-state index in [-0.39, 0.29) is 11.3 Å². The Hall–Kier alpha value is -3.73. The van der Waals surface area contributed by atoms with Crippen molar-refractivity contribution in [2.45, 2.75) is 13.0 Å². The molecule has 0 aromatic heterocycles. The van der Waals surface area contributed by atoms with E-state index in [1.807, 2.05) is 13.0 Å². The molecule has 1 N–H and O–H groups in total. The molecular formula is C24H18FNO3. The van der Waals surface area contributed by atoms with Crippen LogP contribution >= 0.6 is 0 Å². The summed E-state index contributed by atoms with van der Waals surface area (Å²) >= 11 is 0. The summed E-state index contributed by atoms with van der Waals surface area (Å²) in [5, 5.41) is 10.9. The molecule has 1 heterocycles. The van der Waals surface area contributed by atoms with Crippen molar-refractivity contribution in [1.29, 1.82) is 0 Å². The number of amides is 1. The van der Waals surface area contributed by atoms with Gasteiger partial charge in [0.15, 0.2) is 0 Å². The number of carbonyl (C=O) groups excluding carboxylic acids is 2. The summed E-state index contributed by atoms with van der Waals surface area (Å²) in [5.74, 6) is -2.19. The second-order valence-electron chi connectivity index (χ2n) is 6.93. The first-order chi connectivity index (χ1) is 14.0. The molecule has 0 spiro atoms. The van der Waals surface area contributed by atoms with Gasteiger partial charge in [-0.15, -0.1) is 0 Å². The fourth-order valence-electron chi connectivity index (χ4n) is 3.59. The van der Waals surface area contributed by atoms with Crippen LogP contribution in [0.5, 0.6) is 0 Å². The van der Waals surface area contributed by atoms with E-state index >= 15 is 0 Å². The Kier molecular flexibility index (Phi) is 4.72. The average molecular weight is 387 g/mol. The Morgan fingerprint density at radius 2 is 1.62 bits per heavy atom. The molecule has 4 rings (SSSR count). The van der Waals surface area contributed by atoms with E-state index in [1.54, 1.807) is 48.5 Å². The lowest BCUT2D eigenvalue weighted by Gasteiger charge is -2.25. The van der Waals surface area contributed by atoms with Crippen molar-refractivity contribution in [2.75, 3.05) is 4.90 Å². The smallest absolute Gasteiger partial charge is 0.300 e. The number of aliphatic hydroxyl groups excluding tert-OH is 1. The second kappa shape index (κ2) is 7.36. The van der Waals surface area contributed by atoms with Gasteiger partial charge < -0.3 is 5.11 Å². The number of ketones is 1. The fraction of sp³-hybridized carbons (Fsp3) is 0.0833. The first-order valence-electron chi connectivity index (χ1n) is 9.16. The highest BCUT2D eigenvalue weighted by atomic mass is 19.1. The lowest BCUT2D eigenvalue weighted by molar-refractivity contribution is -0.132. The first-order valence-corrected chi connectivity index (χ1v) is 9.16. The minimum absolute atomic E-state index is 0.0192. The van der Waals surface area contributed by atoms with E-state index in [0.29, 0.717) is 16.8 Å². The van der Waals surface area contributed by atoms with Crippen LogP contribution in [0, 0.1) is 12.7 Å². The van der Waals surface area contributed by atoms with Crippen LogP contribution in [-0.4, -0.2) is 16.8 Å². The molecule has 1 fully saturated rings. The van der Waals surface area contributed by atoms with Gasteiger partial charge in [-0.25, -0.2) is 4.39 Å². The van der Waals surface area contributed by atoms with E-state index in [4.69, 9.17) is 0 Å². The van der Waals surface area contributed by atoms with Crippen LogP contribution in [0.1, 0.15) is 22.7 Å². The molecule has 0 aliphatic carbocycles. The highest BCUT2D eigenvalue weighted by molar-refractivity contribution is 6.51. The van der Waals surface area contributed by atoms with Gasteiger partial charge in [-0.05, 0) is 42.3 Å². The standard InChI is InChI=1S/C24H18FNO3/c1-15-6-5-9-19(14-15)26-21(16-10-12-18(25)13-11-16)20(23(28)24(26)29)22(27)17-7-3-2-4-8-17/h2-14,21,27H,1H3/b22-20+. The van der Waals surface area contributed by atoms with Crippen molar-refractivity contribution in [3.05, 3.63) is 107 Å². The molecule has 0 bridgehead atoms. The van der Waals surface area contributed by atoms with Crippen LogP contribution in [0.2, 0.25) is 0 Å². The van der Waals surface area contributed by atoms with Gasteiger partial charge in [0.2, 0.25) is 0 Å². The number of carbonyl (C=O) groups is 2. The summed E-state index contributed by atoms with van der Waals surface area (Å²) in [6, 6.07) is 20.5. The third-order valence-corrected chi connectivity index (χ3v) is 4.96. The van der Waals surface area contributed by atoms with Gasteiger partial charge in [-0.1, -0.05) is 54.6 Å². The summed E-state index contributed by atoms with van der Waals surface area (Å²) in [6.45, 7) is 1.89. The molecule has 5 heteroatoms. The number of Topliss-reactive ketones (excluding diaryl/α,β-unsaturated/α-hetero) is 1. The van der Waals surface area contributed by atoms with Gasteiger partial charge in [0, 0.05) is 11.3 Å². The van der Waals surface area contributed by atoms with Crippen LogP contribution < -0.4 is 4.90 Å². The van der Waals surface area contributed by atoms with Crippen molar-refractivity contribution < 1.29 is 19.1 Å². The van der Waals surface area contributed by atoms with E-state index in [1.165, 1.54) is 29.2 Å². The molecule has 3 aromatic rings. The van der Waals surface area contributed by atoms with Crippen molar-refractivity contribution in [3.63, 3.8) is 0 Å². The zero-order chi connectivity index (χ0) is 20.5. The summed E-state index contributed by atoms with van der Waals surface area (Å²) in [6.07, 6.45) is 0. The van der Waals surface area contributed by atoms with Crippen LogP contribution in [0.25, 0.3) is 5.76 Å². The van der Waals surface area contributed by atoms with E-state index in [9.17, 15) is 19.1 Å². The van der Waals surface area contributed by atoms with E-state index < -0.39 is 23.5 Å². The van der Waals surface area contributed by atoms with Crippen molar-refractivity contribution in [3.8, 4) is 0 Å². The maximum absolute atomic E-state index is 13.5. The zero-order valence-corrected chi connectivity index (χ0v) is 15.7. The number of nitrogens with zero attached hydrogens (tertiary/aromatic N) is 1. The zero-order valence-electron chi connectivity index (χ0n) is 15.7. The summed E-state index contributed by atoms with van der Waals surface area (Å²) < 4.78 is 13.5. The molecule has 144 valence electrons.